The topological polar surface area (TPSA) is 48.6 Å². The Hall–Kier alpha value is -1.85. The maximum absolute atomic E-state index is 12.9. The van der Waals surface area contributed by atoms with Crippen molar-refractivity contribution in [3.05, 3.63) is 35.5 Å². The smallest absolute Gasteiger partial charge is 0.227 e. The molecule has 1 N–H and O–H groups in total. The lowest BCUT2D eigenvalue weighted by molar-refractivity contribution is -0.138. The molecule has 0 radical (unpaired) electrons. The number of benzene rings is 1. The molecule has 5 heteroatoms. The highest BCUT2D eigenvalue weighted by molar-refractivity contribution is 5.90. The van der Waals surface area contributed by atoms with Crippen molar-refractivity contribution in [3.8, 4) is 0 Å². The molecule has 0 aliphatic carbocycles. The van der Waals surface area contributed by atoms with E-state index in [1.165, 1.54) is 0 Å². The summed E-state index contributed by atoms with van der Waals surface area (Å²) in [6.45, 7) is 8.36. The number of nitrogens with zero attached hydrogens (tertiary/aromatic N) is 2. The number of piperazine rings is 1. The first kappa shape index (κ1) is 15.7. The van der Waals surface area contributed by atoms with Crippen molar-refractivity contribution in [1.82, 2.24) is 14.8 Å². The van der Waals surface area contributed by atoms with Crippen molar-refractivity contribution in [2.75, 3.05) is 32.8 Å². The number of ether oxygens (including phenoxy) is 1. The van der Waals surface area contributed by atoms with Crippen molar-refractivity contribution < 1.29 is 9.53 Å². The third-order valence-corrected chi connectivity index (χ3v) is 5.47. The number of aromatic nitrogens is 1. The van der Waals surface area contributed by atoms with Gasteiger partial charge in [0.2, 0.25) is 5.91 Å². The molecule has 2 fully saturated rings. The van der Waals surface area contributed by atoms with Crippen LogP contribution in [0.5, 0.6) is 0 Å². The van der Waals surface area contributed by atoms with Crippen LogP contribution >= 0.6 is 0 Å². The van der Waals surface area contributed by atoms with Crippen LogP contribution in [0.2, 0.25) is 0 Å². The Bertz CT molecular complexity index is 754. The lowest BCUT2D eigenvalue weighted by atomic mass is 10.0. The fraction of sp³-hybridized carbons (Fsp3) is 0.526. The Morgan fingerprint density at radius 3 is 3.00 bits per heavy atom. The molecular weight excluding hydrogens is 302 g/mol. The molecule has 1 amide bonds. The van der Waals surface area contributed by atoms with Crippen LogP contribution in [0.15, 0.2) is 24.3 Å². The van der Waals surface area contributed by atoms with E-state index in [0.29, 0.717) is 18.5 Å². The van der Waals surface area contributed by atoms with Gasteiger partial charge in [-0.05, 0) is 25.5 Å². The number of rotatable bonds is 2. The van der Waals surface area contributed by atoms with Gasteiger partial charge in [-0.1, -0.05) is 18.2 Å². The van der Waals surface area contributed by atoms with Gasteiger partial charge >= 0.3 is 0 Å². The van der Waals surface area contributed by atoms with E-state index < -0.39 is 0 Å². The average Bonchev–Trinajstić information content (AvgIpc) is 2.90. The van der Waals surface area contributed by atoms with E-state index in [-0.39, 0.29) is 5.91 Å². The summed E-state index contributed by atoms with van der Waals surface area (Å²) < 4.78 is 5.68. The number of para-hydroxylation sites is 1. The molecule has 128 valence electrons. The van der Waals surface area contributed by atoms with E-state index in [2.05, 4.69) is 35.9 Å². The lowest BCUT2D eigenvalue weighted by Gasteiger charge is -2.47. The Balaban J connectivity index is 1.49. The molecule has 2 atom stereocenters. The second-order valence-corrected chi connectivity index (χ2v) is 7.07. The van der Waals surface area contributed by atoms with Crippen LogP contribution in [-0.4, -0.2) is 65.6 Å². The quantitative estimate of drug-likeness (QED) is 0.917. The van der Waals surface area contributed by atoms with Crippen LogP contribution in [0.3, 0.4) is 0 Å². The first-order chi connectivity index (χ1) is 11.6. The molecule has 0 saturated carbocycles. The second kappa shape index (κ2) is 6.22. The van der Waals surface area contributed by atoms with Gasteiger partial charge in [-0.15, -0.1) is 0 Å². The van der Waals surface area contributed by atoms with Crippen LogP contribution < -0.4 is 0 Å². The largest absolute Gasteiger partial charge is 0.378 e. The van der Waals surface area contributed by atoms with Gasteiger partial charge in [0.05, 0.1) is 25.7 Å². The molecular formula is C19H25N3O2. The zero-order chi connectivity index (χ0) is 16.7. The molecule has 0 bridgehead atoms. The van der Waals surface area contributed by atoms with Gasteiger partial charge in [-0.3, -0.25) is 9.69 Å². The maximum Gasteiger partial charge on any atom is 0.227 e. The number of morpholine rings is 1. The van der Waals surface area contributed by atoms with E-state index >= 15 is 0 Å². The first-order valence-electron chi connectivity index (χ1n) is 8.81. The summed E-state index contributed by atoms with van der Waals surface area (Å²) in [5.41, 5.74) is 3.33. The van der Waals surface area contributed by atoms with Gasteiger partial charge in [-0.2, -0.15) is 0 Å². The van der Waals surface area contributed by atoms with Gasteiger partial charge in [0.15, 0.2) is 0 Å². The molecule has 1 aromatic heterocycles. The standard InChI is InChI=1S/C19H25N3O2/c1-13-11-24-12-15-10-21(7-8-22(13)15)19(23)9-17-14(2)20-18-6-4-3-5-16(17)18/h3-6,13,15,20H,7-12H2,1-2H3/t13-,15+/m0/s1. The Labute approximate surface area is 142 Å². The zero-order valence-electron chi connectivity index (χ0n) is 14.4. The number of aromatic amines is 1. The van der Waals surface area contributed by atoms with Gasteiger partial charge < -0.3 is 14.6 Å². The third-order valence-electron chi connectivity index (χ3n) is 5.47. The summed E-state index contributed by atoms with van der Waals surface area (Å²) in [7, 11) is 0. The minimum Gasteiger partial charge on any atom is -0.378 e. The van der Waals surface area contributed by atoms with Crippen LogP contribution in [0.4, 0.5) is 0 Å². The molecule has 0 unspecified atom stereocenters. The first-order valence-corrected chi connectivity index (χ1v) is 8.81. The Kier molecular flexibility index (Phi) is 4.06. The van der Waals surface area contributed by atoms with Crippen LogP contribution in [0.1, 0.15) is 18.2 Å². The number of H-pyrrole nitrogens is 1. The van der Waals surface area contributed by atoms with Crippen molar-refractivity contribution in [1.29, 1.82) is 0 Å². The zero-order valence-corrected chi connectivity index (χ0v) is 14.4. The highest BCUT2D eigenvalue weighted by Crippen LogP contribution is 2.24. The summed E-state index contributed by atoms with van der Waals surface area (Å²) in [6.07, 6.45) is 0.471. The van der Waals surface area contributed by atoms with E-state index in [1.54, 1.807) is 0 Å². The molecule has 2 aromatic rings. The molecule has 0 spiro atoms. The number of aryl methyl sites for hydroxylation is 1. The van der Waals surface area contributed by atoms with E-state index in [4.69, 9.17) is 4.74 Å². The highest BCUT2D eigenvalue weighted by atomic mass is 16.5. The van der Waals surface area contributed by atoms with Gasteiger partial charge in [0.25, 0.3) is 0 Å². The summed E-state index contributed by atoms with van der Waals surface area (Å²) in [4.78, 5) is 20.8. The van der Waals surface area contributed by atoms with Crippen LogP contribution in [0.25, 0.3) is 10.9 Å². The minimum atomic E-state index is 0.223. The summed E-state index contributed by atoms with van der Waals surface area (Å²) >= 11 is 0. The summed E-state index contributed by atoms with van der Waals surface area (Å²) in [5, 5.41) is 1.16. The van der Waals surface area contributed by atoms with Crippen LogP contribution in [-0.2, 0) is 16.0 Å². The number of nitrogens with one attached hydrogen (secondary N) is 1. The van der Waals surface area contributed by atoms with Gasteiger partial charge in [0, 0.05) is 42.3 Å². The van der Waals surface area contributed by atoms with Gasteiger partial charge in [-0.25, -0.2) is 0 Å². The summed E-state index contributed by atoms with van der Waals surface area (Å²) in [5.74, 6) is 0.223. The fourth-order valence-corrected chi connectivity index (χ4v) is 4.12. The van der Waals surface area contributed by atoms with Crippen LogP contribution in [0, 0.1) is 6.92 Å². The number of hydrogen-bond donors (Lipinski definition) is 1. The molecule has 3 heterocycles. The predicted octanol–water partition coefficient (Wildman–Crippen LogP) is 1.95. The highest BCUT2D eigenvalue weighted by Gasteiger charge is 2.35. The molecule has 2 aliphatic rings. The minimum absolute atomic E-state index is 0.223. The molecule has 24 heavy (non-hydrogen) atoms. The normalized spacial score (nSPS) is 25.0. The molecule has 2 aliphatic heterocycles. The SMILES string of the molecule is Cc1[nH]c2ccccc2c1CC(=O)N1CCN2[C@@H](COC[C@@H]2C)C1. The monoisotopic (exact) mass is 327 g/mol. The number of carbonyl (C=O) groups excluding carboxylic acids is 1. The van der Waals surface area contributed by atoms with Crippen molar-refractivity contribution in [2.24, 2.45) is 0 Å². The van der Waals surface area contributed by atoms with Crippen molar-refractivity contribution >= 4 is 16.8 Å². The van der Waals surface area contributed by atoms with Crippen molar-refractivity contribution in [2.45, 2.75) is 32.4 Å². The predicted molar refractivity (Wildman–Crippen MR) is 94.1 cm³/mol. The number of hydrogen-bond acceptors (Lipinski definition) is 3. The second-order valence-electron chi connectivity index (χ2n) is 7.07. The Morgan fingerprint density at radius 2 is 2.12 bits per heavy atom. The van der Waals surface area contributed by atoms with E-state index in [0.717, 1.165) is 55.0 Å². The number of amides is 1. The molecule has 2 saturated heterocycles. The van der Waals surface area contributed by atoms with E-state index in [1.807, 2.05) is 17.0 Å². The Morgan fingerprint density at radius 1 is 1.29 bits per heavy atom. The summed E-state index contributed by atoms with van der Waals surface area (Å²) in [6, 6.07) is 9.01. The maximum atomic E-state index is 12.9. The number of carbonyl (C=O) groups is 1. The van der Waals surface area contributed by atoms with E-state index in [9.17, 15) is 4.79 Å². The van der Waals surface area contributed by atoms with Gasteiger partial charge in [0.1, 0.15) is 0 Å². The number of fused-ring (bicyclic) bond motifs is 2. The fourth-order valence-electron chi connectivity index (χ4n) is 4.12. The average molecular weight is 327 g/mol. The third kappa shape index (κ3) is 2.72. The lowest BCUT2D eigenvalue weighted by Crippen LogP contribution is -2.62. The molecule has 1 aromatic carbocycles. The molecule has 4 rings (SSSR count). The molecule has 5 nitrogen and oxygen atoms in total. The van der Waals surface area contributed by atoms with Crippen molar-refractivity contribution in [3.63, 3.8) is 0 Å².